The lowest BCUT2D eigenvalue weighted by Gasteiger charge is -2.35. The van der Waals surface area contributed by atoms with E-state index < -0.39 is 0 Å². The predicted molar refractivity (Wildman–Crippen MR) is 106 cm³/mol. The highest BCUT2D eigenvalue weighted by molar-refractivity contribution is 5.91. The molecule has 3 N–H and O–H groups in total. The van der Waals surface area contributed by atoms with Crippen molar-refractivity contribution in [3.63, 3.8) is 0 Å². The van der Waals surface area contributed by atoms with Crippen LogP contribution in [0.1, 0.15) is 51.4 Å². The summed E-state index contributed by atoms with van der Waals surface area (Å²) in [6, 6.07) is 7.23. The Morgan fingerprint density at radius 2 is 1.85 bits per heavy atom. The van der Waals surface area contributed by atoms with E-state index in [1.54, 1.807) is 12.1 Å². The van der Waals surface area contributed by atoms with E-state index in [0.29, 0.717) is 24.4 Å². The van der Waals surface area contributed by atoms with Crippen LogP contribution in [0.2, 0.25) is 0 Å². The number of ether oxygens (including phenoxy) is 1. The van der Waals surface area contributed by atoms with E-state index in [4.69, 9.17) is 10.5 Å². The molecule has 0 bridgehead atoms. The summed E-state index contributed by atoms with van der Waals surface area (Å²) in [5, 5.41) is 2.96. The molecule has 1 aromatic carbocycles. The molecule has 0 atom stereocenters. The number of anilines is 1. The zero-order valence-corrected chi connectivity index (χ0v) is 16.0. The average molecular weight is 373 g/mol. The highest BCUT2D eigenvalue weighted by Gasteiger charge is 2.33. The van der Waals surface area contributed by atoms with Gasteiger partial charge in [0.05, 0.1) is 0 Å². The van der Waals surface area contributed by atoms with Crippen molar-refractivity contribution in [1.82, 2.24) is 4.90 Å². The molecule has 6 nitrogen and oxygen atoms in total. The Balaban J connectivity index is 1.52. The van der Waals surface area contributed by atoms with Gasteiger partial charge < -0.3 is 20.7 Å². The minimum atomic E-state index is -0.0570. The number of nitrogens with two attached hydrogens (primary N) is 1. The van der Waals surface area contributed by atoms with Gasteiger partial charge >= 0.3 is 0 Å². The van der Waals surface area contributed by atoms with Crippen LogP contribution in [0.3, 0.4) is 0 Å². The molecule has 1 heterocycles. The van der Waals surface area contributed by atoms with Crippen molar-refractivity contribution >= 4 is 17.5 Å². The van der Waals surface area contributed by atoms with E-state index in [1.807, 2.05) is 17.0 Å². The predicted octanol–water partition coefficient (Wildman–Crippen LogP) is 2.93. The van der Waals surface area contributed by atoms with Crippen molar-refractivity contribution in [2.45, 2.75) is 51.4 Å². The van der Waals surface area contributed by atoms with Gasteiger partial charge in [-0.05, 0) is 49.8 Å². The van der Waals surface area contributed by atoms with Crippen LogP contribution in [0.5, 0.6) is 5.75 Å². The van der Waals surface area contributed by atoms with E-state index in [0.717, 1.165) is 51.6 Å². The molecule has 27 heavy (non-hydrogen) atoms. The lowest BCUT2D eigenvalue weighted by molar-refractivity contribution is -0.132. The van der Waals surface area contributed by atoms with Crippen molar-refractivity contribution in [2.24, 2.45) is 11.1 Å². The third-order valence-electron chi connectivity index (χ3n) is 5.82. The number of carbonyl (C=O) groups is 2. The Morgan fingerprint density at radius 3 is 2.56 bits per heavy atom. The minimum Gasteiger partial charge on any atom is -0.484 e. The van der Waals surface area contributed by atoms with Crippen molar-refractivity contribution < 1.29 is 14.3 Å². The highest BCUT2D eigenvalue weighted by atomic mass is 16.5. The fourth-order valence-electron chi connectivity index (χ4n) is 4.17. The molecule has 0 radical (unpaired) electrons. The van der Waals surface area contributed by atoms with Crippen LogP contribution in [0, 0.1) is 5.41 Å². The number of amides is 2. The lowest BCUT2D eigenvalue weighted by atomic mass is 9.71. The second-order valence-electron chi connectivity index (χ2n) is 7.89. The molecule has 0 spiro atoms. The number of nitrogens with one attached hydrogen (secondary N) is 1. The Morgan fingerprint density at radius 1 is 1.11 bits per heavy atom. The van der Waals surface area contributed by atoms with Gasteiger partial charge in [-0.3, -0.25) is 9.59 Å². The van der Waals surface area contributed by atoms with Crippen LogP contribution >= 0.6 is 0 Å². The summed E-state index contributed by atoms with van der Waals surface area (Å²) in [7, 11) is 0. The van der Waals surface area contributed by atoms with Crippen LogP contribution in [0.15, 0.2) is 24.3 Å². The third kappa shape index (κ3) is 5.45. The van der Waals surface area contributed by atoms with Gasteiger partial charge in [0.1, 0.15) is 5.75 Å². The molecule has 2 aliphatic rings. The molecule has 1 saturated heterocycles. The first kappa shape index (κ1) is 19.7. The molecule has 0 unspecified atom stereocenters. The summed E-state index contributed by atoms with van der Waals surface area (Å²) < 4.78 is 5.63. The van der Waals surface area contributed by atoms with Gasteiger partial charge in [-0.15, -0.1) is 0 Å². The van der Waals surface area contributed by atoms with E-state index in [2.05, 4.69) is 5.32 Å². The molecule has 1 aromatic rings. The zero-order valence-electron chi connectivity index (χ0n) is 16.0. The molecular weight excluding hydrogens is 342 g/mol. The molecular formula is C21H31N3O3. The monoisotopic (exact) mass is 373 g/mol. The smallest absolute Gasteiger partial charge is 0.260 e. The standard InChI is InChI=1S/C21H31N3O3/c22-16-21(9-2-1-3-10-21)14-19(25)23-17-7-6-8-18(13-17)27-15-20(26)24-11-4-5-12-24/h6-8,13H,1-5,9-12,14-16,22H2,(H,23,25). The van der Waals surface area contributed by atoms with Crippen molar-refractivity contribution in [1.29, 1.82) is 0 Å². The van der Waals surface area contributed by atoms with E-state index in [1.165, 1.54) is 6.42 Å². The fraction of sp³-hybridized carbons (Fsp3) is 0.619. The summed E-state index contributed by atoms with van der Waals surface area (Å²) in [6.45, 7) is 2.23. The summed E-state index contributed by atoms with van der Waals surface area (Å²) >= 11 is 0. The molecule has 6 heteroatoms. The maximum atomic E-state index is 12.5. The molecule has 3 rings (SSSR count). The summed E-state index contributed by atoms with van der Waals surface area (Å²) in [5.41, 5.74) is 6.62. The van der Waals surface area contributed by atoms with E-state index in [9.17, 15) is 9.59 Å². The highest BCUT2D eigenvalue weighted by Crippen LogP contribution is 2.38. The number of hydrogen-bond acceptors (Lipinski definition) is 4. The van der Waals surface area contributed by atoms with Gasteiger partial charge in [0.25, 0.3) is 5.91 Å². The summed E-state index contributed by atoms with van der Waals surface area (Å²) in [5.74, 6) is 0.600. The van der Waals surface area contributed by atoms with Gasteiger partial charge in [0, 0.05) is 31.3 Å². The second-order valence-corrected chi connectivity index (χ2v) is 7.89. The topological polar surface area (TPSA) is 84.7 Å². The maximum absolute atomic E-state index is 12.5. The Labute approximate surface area is 161 Å². The summed E-state index contributed by atoms with van der Waals surface area (Å²) in [4.78, 5) is 26.5. The summed E-state index contributed by atoms with van der Waals surface area (Å²) in [6.07, 6.45) is 8.19. The minimum absolute atomic E-state index is 0.00681. The van der Waals surface area contributed by atoms with Crippen molar-refractivity contribution in [2.75, 3.05) is 31.6 Å². The lowest BCUT2D eigenvalue weighted by Crippen LogP contribution is -2.36. The molecule has 2 amide bonds. The number of likely N-dealkylation sites (tertiary alicyclic amines) is 1. The van der Waals surface area contributed by atoms with E-state index >= 15 is 0 Å². The fourth-order valence-corrected chi connectivity index (χ4v) is 4.17. The van der Waals surface area contributed by atoms with Crippen LogP contribution in [-0.4, -0.2) is 43.0 Å². The number of hydrogen-bond donors (Lipinski definition) is 2. The Bertz CT molecular complexity index is 650. The van der Waals surface area contributed by atoms with Crippen LogP contribution < -0.4 is 15.8 Å². The first-order valence-corrected chi connectivity index (χ1v) is 10.1. The first-order valence-electron chi connectivity index (χ1n) is 10.1. The molecule has 0 aromatic heterocycles. The molecule has 1 saturated carbocycles. The van der Waals surface area contributed by atoms with Gasteiger partial charge in [-0.1, -0.05) is 25.3 Å². The quantitative estimate of drug-likeness (QED) is 0.770. The molecule has 148 valence electrons. The van der Waals surface area contributed by atoms with Crippen LogP contribution in [0.25, 0.3) is 0 Å². The van der Waals surface area contributed by atoms with Gasteiger partial charge in [0.15, 0.2) is 6.61 Å². The normalized spacial score (nSPS) is 18.9. The largest absolute Gasteiger partial charge is 0.484 e. The second kappa shape index (κ2) is 9.22. The van der Waals surface area contributed by atoms with Crippen molar-refractivity contribution in [3.8, 4) is 5.75 Å². The van der Waals surface area contributed by atoms with E-state index in [-0.39, 0.29) is 23.8 Å². The number of carbonyl (C=O) groups excluding carboxylic acids is 2. The average Bonchev–Trinajstić information content (AvgIpc) is 3.22. The first-order chi connectivity index (χ1) is 13.1. The van der Waals surface area contributed by atoms with Crippen molar-refractivity contribution in [3.05, 3.63) is 24.3 Å². The van der Waals surface area contributed by atoms with Crippen LogP contribution in [-0.2, 0) is 9.59 Å². The van der Waals surface area contributed by atoms with Crippen LogP contribution in [0.4, 0.5) is 5.69 Å². The van der Waals surface area contributed by atoms with Gasteiger partial charge in [0.2, 0.25) is 5.91 Å². The SMILES string of the molecule is NCC1(CC(=O)Nc2cccc(OCC(=O)N3CCCC3)c2)CCCCC1. The van der Waals surface area contributed by atoms with Gasteiger partial charge in [-0.25, -0.2) is 0 Å². The molecule has 1 aliphatic heterocycles. The maximum Gasteiger partial charge on any atom is 0.260 e. The Hall–Kier alpha value is -2.08. The third-order valence-corrected chi connectivity index (χ3v) is 5.82. The van der Waals surface area contributed by atoms with Gasteiger partial charge in [-0.2, -0.15) is 0 Å². The number of nitrogens with zero attached hydrogens (tertiary/aromatic N) is 1. The molecule has 1 aliphatic carbocycles. The zero-order chi connectivity index (χ0) is 19.1. The molecule has 2 fully saturated rings. The number of benzene rings is 1. The number of rotatable bonds is 7. The Kier molecular flexibility index (Phi) is 6.72.